The van der Waals surface area contributed by atoms with Crippen molar-refractivity contribution in [1.29, 1.82) is 5.26 Å². The zero-order valence-corrected chi connectivity index (χ0v) is 19.9. The number of halogens is 2. The van der Waals surface area contributed by atoms with E-state index in [9.17, 15) is 14.8 Å². The van der Waals surface area contributed by atoms with Crippen LogP contribution >= 0.6 is 0 Å². The third kappa shape index (κ3) is 3.26. The first-order valence-electron chi connectivity index (χ1n) is 12.6. The van der Waals surface area contributed by atoms with Crippen molar-refractivity contribution in [2.24, 2.45) is 11.8 Å². The molecule has 2 aromatic carbocycles. The highest BCUT2D eigenvalue weighted by atomic mass is 19.1. The van der Waals surface area contributed by atoms with Gasteiger partial charge in [0.2, 0.25) is 0 Å². The highest BCUT2D eigenvalue weighted by Gasteiger charge is 2.56. The lowest BCUT2D eigenvalue weighted by atomic mass is 9.95. The molecule has 2 aromatic heterocycles. The number of nitriles is 1. The third-order valence-corrected chi connectivity index (χ3v) is 8.11. The van der Waals surface area contributed by atoms with Crippen LogP contribution in [0.25, 0.3) is 32.9 Å². The maximum atomic E-state index is 16.7. The van der Waals surface area contributed by atoms with Crippen LogP contribution in [0.5, 0.6) is 5.75 Å². The Bertz CT molecular complexity index is 1700. The van der Waals surface area contributed by atoms with Crippen LogP contribution in [0, 0.1) is 47.1 Å². The SMILES string of the molecule is C#Cc1c(F)ccc2cc(O)cc(-c3nc(CCC#N)c4c(C5C6CNC[C@@H]65)nn(C5CC5)c4c3F)c12. The highest BCUT2D eigenvalue weighted by molar-refractivity contribution is 6.02. The van der Waals surface area contributed by atoms with Crippen molar-refractivity contribution in [3.8, 4) is 35.4 Å². The van der Waals surface area contributed by atoms with Crippen molar-refractivity contribution < 1.29 is 13.9 Å². The summed E-state index contributed by atoms with van der Waals surface area (Å²) in [5.41, 5.74) is 2.04. The quantitative estimate of drug-likeness (QED) is 0.383. The summed E-state index contributed by atoms with van der Waals surface area (Å²) < 4.78 is 33.2. The molecule has 1 aliphatic heterocycles. The van der Waals surface area contributed by atoms with Crippen molar-refractivity contribution >= 4 is 21.7 Å². The van der Waals surface area contributed by atoms with E-state index in [0.717, 1.165) is 31.6 Å². The van der Waals surface area contributed by atoms with Gasteiger partial charge in [-0.2, -0.15) is 10.4 Å². The topological polar surface area (TPSA) is 86.8 Å². The number of fused-ring (bicyclic) bond motifs is 3. The van der Waals surface area contributed by atoms with E-state index in [1.54, 1.807) is 4.68 Å². The molecule has 2 unspecified atom stereocenters. The highest BCUT2D eigenvalue weighted by Crippen LogP contribution is 2.58. The van der Waals surface area contributed by atoms with E-state index < -0.39 is 11.6 Å². The molecule has 7 rings (SSSR count). The van der Waals surface area contributed by atoms with Gasteiger partial charge in [0.1, 0.15) is 22.8 Å². The van der Waals surface area contributed by atoms with Crippen molar-refractivity contribution in [3.63, 3.8) is 0 Å². The Hall–Kier alpha value is -4.01. The minimum Gasteiger partial charge on any atom is -0.508 e. The van der Waals surface area contributed by atoms with E-state index >= 15 is 4.39 Å². The average Bonchev–Trinajstić information content (AvgIpc) is 3.77. The zero-order chi connectivity index (χ0) is 25.4. The fraction of sp³-hybridized carbons (Fsp3) is 0.345. The van der Waals surface area contributed by atoms with Gasteiger partial charge in [-0.1, -0.05) is 12.0 Å². The Morgan fingerprint density at radius 3 is 2.65 bits per heavy atom. The molecule has 1 saturated heterocycles. The van der Waals surface area contributed by atoms with Gasteiger partial charge in [-0.25, -0.2) is 13.8 Å². The van der Waals surface area contributed by atoms with Gasteiger partial charge >= 0.3 is 0 Å². The molecule has 0 amide bonds. The van der Waals surface area contributed by atoms with Gasteiger partial charge < -0.3 is 10.4 Å². The Balaban J connectivity index is 1.55. The number of nitrogens with one attached hydrogen (secondary N) is 1. The number of rotatable bonds is 5. The van der Waals surface area contributed by atoms with Gasteiger partial charge in [-0.15, -0.1) is 6.42 Å². The second-order valence-corrected chi connectivity index (χ2v) is 10.3. The molecular formula is C29H23F2N5O. The lowest BCUT2D eigenvalue weighted by Gasteiger charge is -2.14. The number of aromatic hydroxyl groups is 1. The van der Waals surface area contributed by atoms with Gasteiger partial charge in [0.25, 0.3) is 0 Å². The van der Waals surface area contributed by atoms with Crippen molar-refractivity contribution in [3.05, 3.63) is 52.9 Å². The molecule has 2 aliphatic carbocycles. The second-order valence-electron chi connectivity index (χ2n) is 10.3. The van der Waals surface area contributed by atoms with Crippen LogP contribution in [0.1, 0.15) is 48.2 Å². The van der Waals surface area contributed by atoms with E-state index in [2.05, 4.69) is 17.3 Å². The van der Waals surface area contributed by atoms with E-state index in [1.807, 2.05) is 0 Å². The van der Waals surface area contributed by atoms with Gasteiger partial charge in [-0.05, 0) is 61.4 Å². The summed E-state index contributed by atoms with van der Waals surface area (Å²) >= 11 is 0. The molecule has 2 saturated carbocycles. The maximum Gasteiger partial charge on any atom is 0.175 e. The third-order valence-electron chi connectivity index (χ3n) is 8.11. The number of piperidine rings is 1. The monoisotopic (exact) mass is 495 g/mol. The van der Waals surface area contributed by atoms with Crippen LogP contribution in [0.15, 0.2) is 24.3 Å². The van der Waals surface area contributed by atoms with Gasteiger partial charge in [0.05, 0.1) is 29.1 Å². The van der Waals surface area contributed by atoms with Gasteiger partial charge in [0.15, 0.2) is 5.82 Å². The molecule has 3 fully saturated rings. The molecule has 3 aliphatic rings. The molecule has 184 valence electrons. The number of hydrogen-bond donors (Lipinski definition) is 2. The molecular weight excluding hydrogens is 472 g/mol. The van der Waals surface area contributed by atoms with Crippen LogP contribution < -0.4 is 5.32 Å². The van der Waals surface area contributed by atoms with Crippen LogP contribution in [0.2, 0.25) is 0 Å². The first-order chi connectivity index (χ1) is 18.0. The summed E-state index contributed by atoms with van der Waals surface area (Å²) in [7, 11) is 0. The molecule has 0 bridgehead atoms. The number of pyridine rings is 1. The summed E-state index contributed by atoms with van der Waals surface area (Å²) in [5, 5.41) is 29.7. The van der Waals surface area contributed by atoms with Crippen LogP contribution in [-0.4, -0.2) is 33.0 Å². The van der Waals surface area contributed by atoms with E-state index in [0.29, 0.717) is 45.6 Å². The molecule has 0 spiro atoms. The minimum absolute atomic E-state index is 0.0120. The standard InChI is InChI=1S/C29H23F2N5O/c1-2-17-21(30)8-5-14-10-16(37)11-18(23(14)17)27-26(31)29-25(22(34-27)4-3-9-32)28(35-36(29)15-6-7-15)24-19-12-33-13-20(19)24/h1,5,8,10-11,15,19-20,24,33,37H,3-4,6-7,12-13H2/t19-,20?,24?/m0/s1. The Morgan fingerprint density at radius 2 is 1.95 bits per heavy atom. The molecule has 3 atom stereocenters. The molecule has 3 heterocycles. The zero-order valence-electron chi connectivity index (χ0n) is 19.9. The van der Waals surface area contributed by atoms with E-state index in [4.69, 9.17) is 16.5 Å². The Labute approximate surface area is 211 Å². The van der Waals surface area contributed by atoms with E-state index in [1.165, 1.54) is 24.3 Å². The molecule has 6 nitrogen and oxygen atoms in total. The predicted octanol–water partition coefficient (Wildman–Crippen LogP) is 4.94. The number of aryl methyl sites for hydroxylation is 1. The first kappa shape index (κ1) is 22.2. The van der Waals surface area contributed by atoms with Crippen molar-refractivity contribution in [2.75, 3.05) is 13.1 Å². The van der Waals surface area contributed by atoms with Crippen LogP contribution in [0.3, 0.4) is 0 Å². The van der Waals surface area contributed by atoms with Gasteiger partial charge in [0, 0.05) is 35.1 Å². The normalized spacial score (nSPS) is 22.2. The number of aromatic nitrogens is 3. The summed E-state index contributed by atoms with van der Waals surface area (Å²) in [6.07, 6.45) is 8.04. The van der Waals surface area contributed by atoms with Crippen LogP contribution in [0.4, 0.5) is 8.78 Å². The van der Waals surface area contributed by atoms with Crippen molar-refractivity contribution in [1.82, 2.24) is 20.1 Å². The predicted molar refractivity (Wildman–Crippen MR) is 135 cm³/mol. The van der Waals surface area contributed by atoms with Crippen LogP contribution in [-0.2, 0) is 6.42 Å². The summed E-state index contributed by atoms with van der Waals surface area (Å²) in [6.45, 7) is 1.84. The number of terminal acetylenes is 1. The van der Waals surface area contributed by atoms with Crippen molar-refractivity contribution in [2.45, 2.75) is 37.6 Å². The molecule has 2 N–H and O–H groups in total. The number of phenolic OH excluding ortho intramolecular Hbond substituents is 1. The summed E-state index contributed by atoms with van der Waals surface area (Å²) in [5.74, 6) is 2.33. The molecule has 4 aromatic rings. The molecule has 8 heteroatoms. The first-order valence-corrected chi connectivity index (χ1v) is 12.6. The molecule has 0 radical (unpaired) electrons. The number of hydrogen-bond acceptors (Lipinski definition) is 5. The lowest BCUT2D eigenvalue weighted by Crippen LogP contribution is -2.14. The Kier molecular flexibility index (Phi) is 4.80. The van der Waals surface area contributed by atoms with Gasteiger partial charge in [-0.3, -0.25) is 4.68 Å². The average molecular weight is 496 g/mol. The summed E-state index contributed by atoms with van der Waals surface area (Å²) in [4.78, 5) is 4.77. The number of phenols is 1. The second kappa shape index (κ2) is 7.99. The van der Waals surface area contributed by atoms with E-state index in [-0.39, 0.29) is 41.0 Å². The fourth-order valence-electron chi connectivity index (χ4n) is 6.23. The largest absolute Gasteiger partial charge is 0.508 e. The smallest absolute Gasteiger partial charge is 0.175 e. The summed E-state index contributed by atoms with van der Waals surface area (Å²) in [6, 6.07) is 7.89. The molecule has 37 heavy (non-hydrogen) atoms. The fourth-order valence-corrected chi connectivity index (χ4v) is 6.23. The lowest BCUT2D eigenvalue weighted by molar-refractivity contribution is 0.476. The number of benzene rings is 2. The number of nitrogens with zero attached hydrogens (tertiary/aromatic N) is 4. The maximum absolute atomic E-state index is 16.7. The minimum atomic E-state index is -0.604. The Morgan fingerprint density at radius 1 is 1.16 bits per heavy atom.